The summed E-state index contributed by atoms with van der Waals surface area (Å²) >= 11 is 5.82. The second-order valence-corrected chi connectivity index (χ2v) is 8.51. The molecule has 3 nitrogen and oxygen atoms in total. The molecule has 0 spiro atoms. The first-order valence-corrected chi connectivity index (χ1v) is 9.31. The van der Waals surface area contributed by atoms with E-state index in [1.54, 1.807) is 0 Å². The zero-order chi connectivity index (χ0) is 16.9. The maximum absolute atomic E-state index is 5.82. The van der Waals surface area contributed by atoms with Crippen LogP contribution in [0, 0.1) is 0 Å². The number of rotatable bonds is 3. The van der Waals surface area contributed by atoms with Crippen molar-refractivity contribution in [2.45, 2.75) is 57.4 Å². The lowest BCUT2D eigenvalue weighted by atomic mass is 9.93. The van der Waals surface area contributed by atoms with Crippen molar-refractivity contribution in [2.75, 3.05) is 11.4 Å². The Bertz CT molecular complexity index is 767. The molecule has 1 unspecified atom stereocenters. The molecule has 1 aliphatic heterocycles. The molecule has 0 bridgehead atoms. The molecule has 0 amide bonds. The van der Waals surface area contributed by atoms with Gasteiger partial charge in [0.2, 0.25) is 0 Å². The van der Waals surface area contributed by atoms with Gasteiger partial charge in [-0.15, -0.1) is 0 Å². The summed E-state index contributed by atoms with van der Waals surface area (Å²) in [4.78, 5) is 3.29. The molecule has 1 saturated heterocycles. The summed E-state index contributed by atoms with van der Waals surface area (Å²) in [5.74, 6) is 0.775. The van der Waals surface area contributed by atoms with Crippen molar-refractivity contribution in [2.24, 2.45) is 0 Å². The summed E-state index contributed by atoms with van der Waals surface area (Å²) in [7, 11) is 0. The number of aromatic nitrogens is 2. The molecule has 1 atom stereocenters. The highest BCUT2D eigenvalue weighted by Crippen LogP contribution is 2.41. The van der Waals surface area contributed by atoms with E-state index in [9.17, 15) is 0 Å². The number of anilines is 1. The van der Waals surface area contributed by atoms with E-state index in [0.717, 1.165) is 29.6 Å². The fraction of sp³-hybridized carbons (Fsp3) is 0.500. The molecule has 1 aromatic carbocycles. The van der Waals surface area contributed by atoms with Crippen LogP contribution in [0.1, 0.15) is 63.3 Å². The van der Waals surface area contributed by atoms with Crippen LogP contribution in [-0.4, -0.2) is 21.3 Å². The number of thiocarbonyl (C=S) groups is 1. The molecule has 4 heteroatoms. The van der Waals surface area contributed by atoms with Gasteiger partial charge < -0.3 is 4.90 Å². The first-order chi connectivity index (χ1) is 11.4. The van der Waals surface area contributed by atoms with E-state index in [0.29, 0.717) is 0 Å². The van der Waals surface area contributed by atoms with Gasteiger partial charge in [0.25, 0.3) is 0 Å². The maximum Gasteiger partial charge on any atom is 0.107 e. The number of nitrogens with zero attached hydrogens (tertiary/aromatic N) is 3. The van der Waals surface area contributed by atoms with Gasteiger partial charge in [0.05, 0.1) is 5.69 Å². The van der Waals surface area contributed by atoms with E-state index in [2.05, 4.69) is 66.9 Å². The molecule has 126 valence electrons. The van der Waals surface area contributed by atoms with E-state index >= 15 is 0 Å². The molecule has 2 aliphatic rings. The summed E-state index contributed by atoms with van der Waals surface area (Å²) in [6, 6.07) is 11.3. The highest BCUT2D eigenvalue weighted by Gasteiger charge is 2.32. The van der Waals surface area contributed by atoms with Crippen LogP contribution in [0.3, 0.4) is 0 Å². The number of benzene rings is 1. The minimum absolute atomic E-state index is 0.0732. The van der Waals surface area contributed by atoms with Gasteiger partial charge in [0.1, 0.15) is 11.0 Å². The summed E-state index contributed by atoms with van der Waals surface area (Å²) in [6.45, 7) is 7.56. The third-order valence-corrected chi connectivity index (χ3v) is 5.60. The van der Waals surface area contributed by atoms with E-state index in [4.69, 9.17) is 17.3 Å². The Morgan fingerprint density at radius 2 is 1.92 bits per heavy atom. The van der Waals surface area contributed by atoms with E-state index in [1.165, 1.54) is 24.1 Å². The van der Waals surface area contributed by atoms with Gasteiger partial charge in [-0.25, -0.2) is 0 Å². The van der Waals surface area contributed by atoms with Gasteiger partial charge in [-0.2, -0.15) is 5.10 Å². The van der Waals surface area contributed by atoms with Crippen LogP contribution in [0.2, 0.25) is 0 Å². The minimum atomic E-state index is 0.0732. The molecular weight excluding hydrogens is 314 g/mol. The van der Waals surface area contributed by atoms with Gasteiger partial charge in [-0.3, -0.25) is 4.68 Å². The van der Waals surface area contributed by atoms with Crippen LogP contribution in [0.4, 0.5) is 5.69 Å². The lowest BCUT2D eigenvalue weighted by Crippen LogP contribution is -2.27. The molecule has 0 N–H and O–H groups in total. The Morgan fingerprint density at radius 1 is 1.12 bits per heavy atom. The minimum Gasteiger partial charge on any atom is -0.334 e. The fourth-order valence-electron chi connectivity index (χ4n) is 3.44. The van der Waals surface area contributed by atoms with E-state index in [-0.39, 0.29) is 11.5 Å². The molecule has 1 saturated carbocycles. The van der Waals surface area contributed by atoms with Crippen LogP contribution in [0.25, 0.3) is 0 Å². The Labute approximate surface area is 149 Å². The van der Waals surface area contributed by atoms with Gasteiger partial charge in [-0.05, 0) is 48.9 Å². The monoisotopic (exact) mass is 339 g/mol. The zero-order valence-electron chi connectivity index (χ0n) is 14.7. The van der Waals surface area contributed by atoms with Crippen molar-refractivity contribution >= 4 is 22.9 Å². The van der Waals surface area contributed by atoms with Gasteiger partial charge in [0.15, 0.2) is 0 Å². The Balaban J connectivity index is 1.56. The van der Waals surface area contributed by atoms with Gasteiger partial charge >= 0.3 is 0 Å². The largest absolute Gasteiger partial charge is 0.334 e. The molecule has 0 radical (unpaired) electrons. The quantitative estimate of drug-likeness (QED) is 0.747. The van der Waals surface area contributed by atoms with E-state index < -0.39 is 0 Å². The molecule has 24 heavy (non-hydrogen) atoms. The average Bonchev–Trinajstić information content (AvgIpc) is 3.14. The van der Waals surface area contributed by atoms with Crippen molar-refractivity contribution < 1.29 is 0 Å². The normalized spacial score (nSPS) is 21.5. The second-order valence-electron chi connectivity index (χ2n) is 8.09. The molecule has 1 aliphatic carbocycles. The standard InChI is InChI=1S/C20H25N3S/c1-20(2,3)18-10-12-23(21-18)17-9-11-22(19(17)24)16-6-4-5-15(13-16)14-7-8-14/h4-6,10,12-14,17H,7-9,11H2,1-3H3. The predicted octanol–water partition coefficient (Wildman–Crippen LogP) is 4.84. The first kappa shape index (κ1) is 15.8. The highest BCUT2D eigenvalue weighted by molar-refractivity contribution is 7.80. The van der Waals surface area contributed by atoms with Crippen LogP contribution in [0.15, 0.2) is 36.5 Å². The predicted molar refractivity (Wildman–Crippen MR) is 103 cm³/mol. The second kappa shape index (κ2) is 5.69. The summed E-state index contributed by atoms with van der Waals surface area (Å²) < 4.78 is 2.06. The van der Waals surface area contributed by atoms with E-state index in [1.807, 2.05) is 0 Å². The third kappa shape index (κ3) is 2.88. The van der Waals surface area contributed by atoms with Crippen molar-refractivity contribution in [3.8, 4) is 0 Å². The maximum atomic E-state index is 5.82. The van der Waals surface area contributed by atoms with Crippen LogP contribution >= 0.6 is 12.2 Å². The lowest BCUT2D eigenvalue weighted by Gasteiger charge is -2.21. The van der Waals surface area contributed by atoms with Crippen LogP contribution in [-0.2, 0) is 5.41 Å². The zero-order valence-corrected chi connectivity index (χ0v) is 15.5. The summed E-state index contributed by atoms with van der Waals surface area (Å²) in [5, 5.41) is 4.80. The van der Waals surface area contributed by atoms with Crippen molar-refractivity contribution in [1.82, 2.24) is 9.78 Å². The third-order valence-electron chi connectivity index (χ3n) is 5.10. The SMILES string of the molecule is CC(C)(C)c1ccn(C2CCN(c3cccc(C4CC4)c3)C2=S)n1. The molecule has 2 fully saturated rings. The molecule has 2 aromatic rings. The Morgan fingerprint density at radius 3 is 2.58 bits per heavy atom. The van der Waals surface area contributed by atoms with Crippen LogP contribution in [0.5, 0.6) is 0 Å². The average molecular weight is 340 g/mol. The summed E-state index contributed by atoms with van der Waals surface area (Å²) in [5.41, 5.74) is 3.91. The highest BCUT2D eigenvalue weighted by atomic mass is 32.1. The smallest absolute Gasteiger partial charge is 0.107 e. The van der Waals surface area contributed by atoms with Crippen LogP contribution < -0.4 is 4.90 Å². The number of hydrogen-bond donors (Lipinski definition) is 0. The Kier molecular flexibility index (Phi) is 3.75. The number of hydrogen-bond acceptors (Lipinski definition) is 2. The van der Waals surface area contributed by atoms with Gasteiger partial charge in [-0.1, -0.05) is 45.1 Å². The Hall–Kier alpha value is -1.68. The lowest BCUT2D eigenvalue weighted by molar-refractivity contribution is 0.516. The summed E-state index contributed by atoms with van der Waals surface area (Å²) in [6.07, 6.45) is 5.78. The molecule has 4 rings (SSSR count). The topological polar surface area (TPSA) is 21.1 Å². The molecule has 1 aromatic heterocycles. The molecule has 2 heterocycles. The van der Waals surface area contributed by atoms with Crippen molar-refractivity contribution in [1.29, 1.82) is 0 Å². The van der Waals surface area contributed by atoms with Crippen molar-refractivity contribution in [3.63, 3.8) is 0 Å². The van der Waals surface area contributed by atoms with Gasteiger partial charge in [0, 0.05) is 23.8 Å². The molecular formula is C20H25N3S. The first-order valence-electron chi connectivity index (χ1n) is 8.90. The fourth-order valence-corrected chi connectivity index (χ4v) is 3.86. The van der Waals surface area contributed by atoms with Crippen molar-refractivity contribution in [3.05, 3.63) is 47.8 Å².